The first-order chi connectivity index (χ1) is 7.15. The zero-order chi connectivity index (χ0) is 10.9. The summed E-state index contributed by atoms with van der Waals surface area (Å²) < 4.78 is 10.1. The van der Waals surface area contributed by atoms with Crippen molar-refractivity contribution in [3.05, 3.63) is 29.8 Å². The summed E-state index contributed by atoms with van der Waals surface area (Å²) in [7, 11) is 1.33. The topological polar surface area (TPSA) is 61.5 Å². The zero-order valence-electron chi connectivity index (χ0n) is 8.53. The van der Waals surface area contributed by atoms with Crippen molar-refractivity contribution in [1.29, 1.82) is 0 Å². The van der Waals surface area contributed by atoms with Crippen LogP contribution in [0.4, 0.5) is 0 Å². The maximum Gasteiger partial charge on any atom is 0.329 e. The summed E-state index contributed by atoms with van der Waals surface area (Å²) in [6.07, 6.45) is 0.454. The molecule has 1 heterocycles. The number of carbonyl (C=O) groups excluding carboxylic acids is 1. The van der Waals surface area contributed by atoms with Crippen LogP contribution in [0.15, 0.2) is 24.3 Å². The molecule has 0 bridgehead atoms. The van der Waals surface area contributed by atoms with Crippen molar-refractivity contribution in [1.82, 2.24) is 0 Å². The molecule has 2 N–H and O–H groups in total. The molecule has 0 saturated carbocycles. The molecule has 0 aromatic heterocycles. The largest absolute Gasteiger partial charge is 0.491 e. The number of hydrogen-bond acceptors (Lipinski definition) is 4. The number of rotatable bonds is 1. The molecular formula is C11H13NO3. The maximum atomic E-state index is 11.5. The van der Waals surface area contributed by atoms with Crippen molar-refractivity contribution in [2.45, 2.75) is 12.0 Å². The first-order valence-corrected chi connectivity index (χ1v) is 4.74. The van der Waals surface area contributed by atoms with E-state index in [0.717, 1.165) is 11.3 Å². The van der Waals surface area contributed by atoms with Gasteiger partial charge in [0.05, 0.1) is 7.11 Å². The normalized spacial score (nSPS) is 23.9. The van der Waals surface area contributed by atoms with Gasteiger partial charge in [0.15, 0.2) is 5.54 Å². The summed E-state index contributed by atoms with van der Waals surface area (Å²) in [5.74, 6) is 0.361. The molecule has 0 unspecified atom stereocenters. The highest BCUT2D eigenvalue weighted by Crippen LogP contribution is 2.28. The standard InChI is InChI=1S/C11H13NO3/c1-14-10(13)11(12)6-8-4-2-3-5-9(8)15-7-11/h2-5H,6-7,12H2,1H3/t11-/m1/s1. The minimum Gasteiger partial charge on any atom is -0.491 e. The van der Waals surface area contributed by atoms with Crippen molar-refractivity contribution in [2.75, 3.05) is 13.7 Å². The molecule has 1 aliphatic heterocycles. The van der Waals surface area contributed by atoms with Gasteiger partial charge >= 0.3 is 5.97 Å². The Labute approximate surface area is 88.0 Å². The lowest BCUT2D eigenvalue weighted by Gasteiger charge is -2.31. The van der Waals surface area contributed by atoms with Crippen LogP contribution in [0, 0.1) is 0 Å². The van der Waals surface area contributed by atoms with E-state index in [2.05, 4.69) is 4.74 Å². The van der Waals surface area contributed by atoms with Gasteiger partial charge in [0.25, 0.3) is 0 Å². The Morgan fingerprint density at radius 1 is 1.53 bits per heavy atom. The molecule has 2 rings (SSSR count). The minimum absolute atomic E-state index is 0.163. The molecular weight excluding hydrogens is 194 g/mol. The van der Waals surface area contributed by atoms with E-state index in [1.807, 2.05) is 24.3 Å². The van der Waals surface area contributed by atoms with Gasteiger partial charge in [-0.15, -0.1) is 0 Å². The number of hydrogen-bond donors (Lipinski definition) is 1. The number of ether oxygens (including phenoxy) is 2. The van der Waals surface area contributed by atoms with Gasteiger partial charge in [-0.25, -0.2) is 4.79 Å². The van der Waals surface area contributed by atoms with Crippen molar-refractivity contribution in [3.63, 3.8) is 0 Å². The van der Waals surface area contributed by atoms with Gasteiger partial charge in [-0.3, -0.25) is 0 Å². The SMILES string of the molecule is COC(=O)[C@]1(N)COc2ccccc2C1. The Morgan fingerprint density at radius 2 is 2.27 bits per heavy atom. The van der Waals surface area contributed by atoms with Gasteiger partial charge in [0.2, 0.25) is 0 Å². The van der Waals surface area contributed by atoms with Crippen LogP contribution in [0.5, 0.6) is 5.75 Å². The minimum atomic E-state index is -1.05. The molecule has 0 spiro atoms. The molecule has 0 amide bonds. The van der Waals surface area contributed by atoms with Gasteiger partial charge in [-0.05, 0) is 11.6 Å². The highest BCUT2D eigenvalue weighted by molar-refractivity contribution is 5.81. The van der Waals surface area contributed by atoms with Crippen molar-refractivity contribution < 1.29 is 14.3 Å². The van der Waals surface area contributed by atoms with Gasteiger partial charge in [0, 0.05) is 6.42 Å². The van der Waals surface area contributed by atoms with Crippen LogP contribution in [0.25, 0.3) is 0 Å². The summed E-state index contributed by atoms with van der Waals surface area (Å²) in [6.45, 7) is 0.163. The van der Waals surface area contributed by atoms with E-state index in [1.165, 1.54) is 7.11 Å². The van der Waals surface area contributed by atoms with E-state index in [0.29, 0.717) is 6.42 Å². The summed E-state index contributed by atoms with van der Waals surface area (Å²) in [6, 6.07) is 7.55. The summed E-state index contributed by atoms with van der Waals surface area (Å²) in [5.41, 5.74) is 5.82. The lowest BCUT2D eigenvalue weighted by atomic mass is 9.90. The second-order valence-corrected chi connectivity index (χ2v) is 3.72. The van der Waals surface area contributed by atoms with E-state index in [1.54, 1.807) is 0 Å². The average Bonchev–Trinajstić information content (AvgIpc) is 2.27. The van der Waals surface area contributed by atoms with Gasteiger partial charge < -0.3 is 15.2 Å². The first kappa shape index (κ1) is 9.98. The Balaban J connectivity index is 2.28. The van der Waals surface area contributed by atoms with Crippen LogP contribution in [0.1, 0.15) is 5.56 Å². The van der Waals surface area contributed by atoms with Crippen LogP contribution >= 0.6 is 0 Å². The molecule has 0 aliphatic carbocycles. The number of esters is 1. The quantitative estimate of drug-likeness (QED) is 0.681. The molecule has 15 heavy (non-hydrogen) atoms. The number of carbonyl (C=O) groups is 1. The third kappa shape index (κ3) is 1.68. The molecule has 80 valence electrons. The predicted octanol–water partition coefficient (Wildman–Crippen LogP) is 0.492. The van der Waals surface area contributed by atoms with E-state index in [4.69, 9.17) is 10.5 Å². The van der Waals surface area contributed by atoms with Crippen LogP contribution in [0.3, 0.4) is 0 Å². The van der Waals surface area contributed by atoms with Crippen molar-refractivity contribution >= 4 is 5.97 Å². The van der Waals surface area contributed by atoms with Crippen LogP contribution < -0.4 is 10.5 Å². The van der Waals surface area contributed by atoms with Crippen molar-refractivity contribution in [2.24, 2.45) is 5.73 Å². The van der Waals surface area contributed by atoms with E-state index in [9.17, 15) is 4.79 Å². The smallest absolute Gasteiger partial charge is 0.329 e. The summed E-state index contributed by atoms with van der Waals surface area (Å²) >= 11 is 0. The highest BCUT2D eigenvalue weighted by Gasteiger charge is 2.40. The number of fused-ring (bicyclic) bond motifs is 1. The zero-order valence-corrected chi connectivity index (χ0v) is 8.53. The van der Waals surface area contributed by atoms with Gasteiger partial charge in [-0.2, -0.15) is 0 Å². The summed E-state index contributed by atoms with van der Waals surface area (Å²) in [4.78, 5) is 11.5. The third-order valence-corrected chi connectivity index (χ3v) is 2.56. The molecule has 1 aromatic carbocycles. The molecule has 4 nitrogen and oxygen atoms in total. The van der Waals surface area contributed by atoms with Crippen LogP contribution in [-0.4, -0.2) is 25.2 Å². The molecule has 1 aromatic rings. The Bertz CT molecular complexity index is 391. The molecule has 4 heteroatoms. The third-order valence-electron chi connectivity index (χ3n) is 2.56. The monoisotopic (exact) mass is 207 g/mol. The fourth-order valence-corrected chi connectivity index (χ4v) is 1.72. The first-order valence-electron chi connectivity index (χ1n) is 4.74. The average molecular weight is 207 g/mol. The molecule has 1 aliphatic rings. The summed E-state index contributed by atoms with van der Waals surface area (Å²) in [5, 5.41) is 0. The molecule has 0 fully saturated rings. The Kier molecular flexibility index (Phi) is 2.36. The van der Waals surface area contributed by atoms with Gasteiger partial charge in [0.1, 0.15) is 12.4 Å². The fourth-order valence-electron chi connectivity index (χ4n) is 1.72. The highest BCUT2D eigenvalue weighted by atomic mass is 16.5. The second-order valence-electron chi connectivity index (χ2n) is 3.72. The van der Waals surface area contributed by atoms with Gasteiger partial charge in [-0.1, -0.05) is 18.2 Å². The second kappa shape index (κ2) is 3.55. The number of para-hydroxylation sites is 1. The Hall–Kier alpha value is -1.55. The molecule has 0 saturated heterocycles. The number of nitrogens with two attached hydrogens (primary N) is 1. The lowest BCUT2D eigenvalue weighted by Crippen LogP contribution is -2.56. The van der Waals surface area contributed by atoms with E-state index >= 15 is 0 Å². The van der Waals surface area contributed by atoms with E-state index < -0.39 is 11.5 Å². The van der Waals surface area contributed by atoms with E-state index in [-0.39, 0.29) is 6.61 Å². The van der Waals surface area contributed by atoms with Crippen LogP contribution in [0.2, 0.25) is 0 Å². The van der Waals surface area contributed by atoms with Crippen LogP contribution in [-0.2, 0) is 16.0 Å². The number of benzene rings is 1. The number of methoxy groups -OCH3 is 1. The fraction of sp³-hybridized carbons (Fsp3) is 0.364. The molecule has 0 radical (unpaired) electrons. The molecule has 1 atom stereocenters. The van der Waals surface area contributed by atoms with Crippen molar-refractivity contribution in [3.8, 4) is 5.75 Å². The Morgan fingerprint density at radius 3 is 3.00 bits per heavy atom. The lowest BCUT2D eigenvalue weighted by molar-refractivity contribution is -0.148. The maximum absolute atomic E-state index is 11.5. The predicted molar refractivity (Wildman–Crippen MR) is 54.6 cm³/mol.